The summed E-state index contributed by atoms with van der Waals surface area (Å²) in [4.78, 5) is 11.2. The summed E-state index contributed by atoms with van der Waals surface area (Å²) in [7, 11) is 1.43. The van der Waals surface area contributed by atoms with Crippen molar-refractivity contribution in [3.63, 3.8) is 0 Å². The zero-order valence-corrected chi connectivity index (χ0v) is 16.4. The number of aliphatic hydroxyl groups is 2. The number of fused-ring (bicyclic) bond motifs is 1. The van der Waals surface area contributed by atoms with E-state index >= 15 is 0 Å². The van der Waals surface area contributed by atoms with Gasteiger partial charge in [-0.15, -0.1) is 0 Å². The first-order chi connectivity index (χ1) is 12.5. The molecule has 0 aromatic rings. The van der Waals surface area contributed by atoms with Gasteiger partial charge in [0.2, 0.25) is 0 Å². The van der Waals surface area contributed by atoms with Crippen molar-refractivity contribution in [3.8, 4) is 0 Å². The zero-order chi connectivity index (χ0) is 18.9. The standard InChI is InChI=1S/C22H36O4/c1-3-4-5-9-18(23)11-12-19-20-14-16(13-17(20)15-21(19)24)8-6-7-10-22(25)26-2/h8,11-12,17-21,23-24H,3-7,9-10,13-15H2,1-2H3/b12-11-,16-8+/t17-,18-,19-,20-,21+/m0/s1. The fourth-order valence-corrected chi connectivity index (χ4v) is 4.55. The maximum atomic E-state index is 11.2. The van der Waals surface area contributed by atoms with Gasteiger partial charge in [0.15, 0.2) is 0 Å². The average molecular weight is 365 g/mol. The third-order valence-electron chi connectivity index (χ3n) is 6.02. The van der Waals surface area contributed by atoms with Crippen LogP contribution in [0.15, 0.2) is 23.8 Å². The largest absolute Gasteiger partial charge is 0.469 e. The summed E-state index contributed by atoms with van der Waals surface area (Å²) in [5, 5.41) is 20.5. The molecule has 4 nitrogen and oxygen atoms in total. The van der Waals surface area contributed by atoms with Gasteiger partial charge in [0.1, 0.15) is 0 Å². The summed E-state index contributed by atoms with van der Waals surface area (Å²) >= 11 is 0. The molecule has 26 heavy (non-hydrogen) atoms. The fraction of sp³-hybridized carbons (Fsp3) is 0.773. The maximum Gasteiger partial charge on any atom is 0.305 e. The smallest absolute Gasteiger partial charge is 0.305 e. The van der Waals surface area contributed by atoms with Crippen molar-refractivity contribution in [2.24, 2.45) is 17.8 Å². The van der Waals surface area contributed by atoms with Gasteiger partial charge in [-0.3, -0.25) is 4.79 Å². The summed E-state index contributed by atoms with van der Waals surface area (Å²) in [5.74, 6) is 1.08. The molecule has 2 rings (SSSR count). The van der Waals surface area contributed by atoms with Crippen LogP contribution in [0.2, 0.25) is 0 Å². The predicted molar refractivity (Wildman–Crippen MR) is 104 cm³/mol. The van der Waals surface area contributed by atoms with E-state index in [0.717, 1.165) is 57.8 Å². The first kappa shape index (κ1) is 21.2. The Kier molecular flexibility index (Phi) is 8.86. The minimum Gasteiger partial charge on any atom is -0.469 e. The lowest BCUT2D eigenvalue weighted by Gasteiger charge is -2.17. The molecule has 0 unspecified atom stereocenters. The van der Waals surface area contributed by atoms with Gasteiger partial charge in [0.05, 0.1) is 19.3 Å². The van der Waals surface area contributed by atoms with Crippen LogP contribution in [0.1, 0.15) is 71.1 Å². The molecule has 148 valence electrons. The van der Waals surface area contributed by atoms with E-state index in [4.69, 9.17) is 0 Å². The van der Waals surface area contributed by atoms with Crippen LogP contribution in [0.4, 0.5) is 0 Å². The molecule has 2 N–H and O–H groups in total. The monoisotopic (exact) mass is 364 g/mol. The van der Waals surface area contributed by atoms with Gasteiger partial charge < -0.3 is 14.9 Å². The lowest BCUT2D eigenvalue weighted by molar-refractivity contribution is -0.140. The number of carbonyl (C=O) groups is 1. The number of ether oxygens (including phenoxy) is 1. The molecule has 0 amide bonds. The summed E-state index contributed by atoms with van der Waals surface area (Å²) in [6, 6.07) is 0. The Hall–Kier alpha value is -1.13. The molecule has 0 saturated heterocycles. The van der Waals surface area contributed by atoms with Crippen molar-refractivity contribution >= 4 is 5.97 Å². The number of hydrogen-bond acceptors (Lipinski definition) is 4. The van der Waals surface area contributed by atoms with Crippen LogP contribution in [0.3, 0.4) is 0 Å². The second-order valence-corrected chi connectivity index (χ2v) is 7.99. The normalized spacial score (nSPS) is 30.8. The number of allylic oxidation sites excluding steroid dienone is 2. The van der Waals surface area contributed by atoms with E-state index in [1.807, 2.05) is 6.08 Å². The Morgan fingerprint density at radius 3 is 2.85 bits per heavy atom. The second kappa shape index (κ2) is 10.9. The van der Waals surface area contributed by atoms with Crippen molar-refractivity contribution < 1.29 is 19.7 Å². The SMILES string of the molecule is CCCCC[C@H](O)/C=C\[C@H]1[C@H]2C/C(=C/CCCC(=O)OC)C[C@H]2C[C@H]1O. The van der Waals surface area contributed by atoms with Crippen LogP contribution >= 0.6 is 0 Å². The van der Waals surface area contributed by atoms with Crippen LogP contribution < -0.4 is 0 Å². The van der Waals surface area contributed by atoms with Crippen molar-refractivity contribution in [1.29, 1.82) is 0 Å². The molecule has 0 aliphatic heterocycles. The highest BCUT2D eigenvalue weighted by atomic mass is 16.5. The van der Waals surface area contributed by atoms with Gasteiger partial charge in [-0.05, 0) is 50.4 Å². The second-order valence-electron chi connectivity index (χ2n) is 7.99. The number of rotatable bonds is 10. The van der Waals surface area contributed by atoms with Crippen LogP contribution in [0, 0.1) is 17.8 Å². The topological polar surface area (TPSA) is 66.8 Å². The van der Waals surface area contributed by atoms with Crippen molar-refractivity contribution in [2.45, 2.75) is 83.3 Å². The Bertz CT molecular complexity index is 496. The van der Waals surface area contributed by atoms with Crippen LogP contribution in [0.25, 0.3) is 0 Å². The van der Waals surface area contributed by atoms with Gasteiger partial charge >= 0.3 is 5.97 Å². The first-order valence-corrected chi connectivity index (χ1v) is 10.3. The van der Waals surface area contributed by atoms with Crippen molar-refractivity contribution in [3.05, 3.63) is 23.8 Å². The van der Waals surface area contributed by atoms with Crippen LogP contribution in [-0.2, 0) is 9.53 Å². The summed E-state index contributed by atoms with van der Waals surface area (Å²) in [5.41, 5.74) is 1.47. The Morgan fingerprint density at radius 2 is 2.12 bits per heavy atom. The van der Waals surface area contributed by atoms with E-state index in [1.54, 1.807) is 0 Å². The van der Waals surface area contributed by atoms with E-state index < -0.39 is 0 Å². The van der Waals surface area contributed by atoms with E-state index in [2.05, 4.69) is 23.8 Å². The molecule has 0 spiro atoms. The molecule has 0 aromatic carbocycles. The quantitative estimate of drug-likeness (QED) is 0.347. The minimum absolute atomic E-state index is 0.141. The molecule has 4 heteroatoms. The van der Waals surface area contributed by atoms with Gasteiger partial charge in [-0.2, -0.15) is 0 Å². The third-order valence-corrected chi connectivity index (χ3v) is 6.02. The molecule has 0 radical (unpaired) electrons. The van der Waals surface area contributed by atoms with E-state index in [0.29, 0.717) is 18.3 Å². The summed E-state index contributed by atoms with van der Waals surface area (Å²) in [6.45, 7) is 2.16. The molecule has 2 aliphatic rings. The lowest BCUT2D eigenvalue weighted by Crippen LogP contribution is -2.17. The highest BCUT2D eigenvalue weighted by Crippen LogP contribution is 2.50. The highest BCUT2D eigenvalue weighted by Gasteiger charge is 2.44. The van der Waals surface area contributed by atoms with Crippen LogP contribution in [0.5, 0.6) is 0 Å². The minimum atomic E-state index is -0.387. The van der Waals surface area contributed by atoms with Crippen LogP contribution in [-0.4, -0.2) is 35.5 Å². The Labute approximate surface area is 158 Å². The molecule has 2 fully saturated rings. The van der Waals surface area contributed by atoms with Crippen molar-refractivity contribution in [2.75, 3.05) is 7.11 Å². The Morgan fingerprint density at radius 1 is 1.31 bits per heavy atom. The molecule has 0 bridgehead atoms. The van der Waals surface area contributed by atoms with E-state index in [-0.39, 0.29) is 24.1 Å². The predicted octanol–water partition coefficient (Wildman–Crippen LogP) is 4.16. The van der Waals surface area contributed by atoms with Gasteiger partial charge in [0, 0.05) is 12.3 Å². The average Bonchev–Trinajstić information content (AvgIpc) is 3.13. The van der Waals surface area contributed by atoms with Gasteiger partial charge in [-0.1, -0.05) is 50.0 Å². The number of methoxy groups -OCH3 is 1. The summed E-state index contributed by atoms with van der Waals surface area (Å²) < 4.78 is 4.67. The molecule has 0 heterocycles. The zero-order valence-electron chi connectivity index (χ0n) is 16.4. The molecular weight excluding hydrogens is 328 g/mol. The molecule has 2 saturated carbocycles. The van der Waals surface area contributed by atoms with Crippen molar-refractivity contribution in [1.82, 2.24) is 0 Å². The number of aliphatic hydroxyl groups excluding tert-OH is 2. The summed E-state index contributed by atoms with van der Waals surface area (Å²) in [6.07, 6.45) is 15.0. The molecule has 2 aliphatic carbocycles. The number of carbonyl (C=O) groups excluding carboxylic acids is 1. The first-order valence-electron chi connectivity index (χ1n) is 10.3. The third kappa shape index (κ3) is 6.24. The molecule has 0 aromatic heterocycles. The fourth-order valence-electron chi connectivity index (χ4n) is 4.55. The maximum absolute atomic E-state index is 11.2. The Balaban J connectivity index is 1.81. The van der Waals surface area contributed by atoms with Gasteiger partial charge in [0.25, 0.3) is 0 Å². The van der Waals surface area contributed by atoms with E-state index in [9.17, 15) is 15.0 Å². The highest BCUT2D eigenvalue weighted by molar-refractivity contribution is 5.69. The molecular formula is C22H36O4. The number of esters is 1. The number of unbranched alkanes of at least 4 members (excludes halogenated alkanes) is 3. The molecule has 5 atom stereocenters. The number of hydrogen-bond donors (Lipinski definition) is 2. The van der Waals surface area contributed by atoms with E-state index in [1.165, 1.54) is 12.7 Å². The lowest BCUT2D eigenvalue weighted by atomic mass is 9.90. The van der Waals surface area contributed by atoms with Gasteiger partial charge in [-0.25, -0.2) is 0 Å².